The van der Waals surface area contributed by atoms with E-state index in [9.17, 15) is 4.79 Å². The Morgan fingerprint density at radius 2 is 2.30 bits per heavy atom. The van der Waals surface area contributed by atoms with Crippen molar-refractivity contribution in [3.63, 3.8) is 0 Å². The number of nitrogens with one attached hydrogen (secondary N) is 2. The molecule has 4 nitrogen and oxygen atoms in total. The Morgan fingerprint density at radius 1 is 1.43 bits per heavy atom. The van der Waals surface area contributed by atoms with E-state index in [1.165, 1.54) is 11.1 Å². The summed E-state index contributed by atoms with van der Waals surface area (Å²) in [6.07, 6.45) is 4.54. The number of hydrogen-bond donors (Lipinski definition) is 2. The summed E-state index contributed by atoms with van der Waals surface area (Å²) in [5.74, 6) is 2.37. The number of hydrogen-bond acceptors (Lipinski definition) is 3. The summed E-state index contributed by atoms with van der Waals surface area (Å²) >= 11 is 1.80. The van der Waals surface area contributed by atoms with Crippen molar-refractivity contribution < 1.29 is 4.79 Å². The number of nitrogens with zero attached hydrogens (tertiary/aromatic N) is 1. The van der Waals surface area contributed by atoms with Crippen molar-refractivity contribution in [1.82, 2.24) is 15.3 Å². The highest BCUT2D eigenvalue weighted by Gasteiger charge is 2.23. The lowest BCUT2D eigenvalue weighted by Crippen LogP contribution is -2.26. The lowest BCUT2D eigenvalue weighted by atomic mass is 9.97. The van der Waals surface area contributed by atoms with Crippen molar-refractivity contribution in [1.29, 1.82) is 0 Å². The molecule has 1 amide bonds. The highest BCUT2D eigenvalue weighted by molar-refractivity contribution is 7.98. The number of benzene rings is 1. The second-order valence-electron chi connectivity index (χ2n) is 6.02. The quantitative estimate of drug-likeness (QED) is 0.767. The summed E-state index contributed by atoms with van der Waals surface area (Å²) < 4.78 is 0. The molecule has 0 spiro atoms. The number of rotatable bonds is 7. The van der Waals surface area contributed by atoms with E-state index in [1.54, 1.807) is 18.1 Å². The van der Waals surface area contributed by atoms with Gasteiger partial charge in [0.2, 0.25) is 5.91 Å². The van der Waals surface area contributed by atoms with E-state index >= 15 is 0 Å². The molecule has 0 saturated heterocycles. The van der Waals surface area contributed by atoms with Gasteiger partial charge in [-0.25, -0.2) is 4.98 Å². The van der Waals surface area contributed by atoms with Crippen molar-refractivity contribution in [3.8, 4) is 0 Å². The van der Waals surface area contributed by atoms with Crippen molar-refractivity contribution in [2.45, 2.75) is 37.9 Å². The molecule has 1 aromatic carbocycles. The molecule has 23 heavy (non-hydrogen) atoms. The highest BCUT2D eigenvalue weighted by atomic mass is 32.2. The van der Waals surface area contributed by atoms with Crippen LogP contribution in [0.4, 0.5) is 0 Å². The molecular weight excluding hydrogens is 306 g/mol. The van der Waals surface area contributed by atoms with Crippen molar-refractivity contribution in [3.05, 3.63) is 53.1 Å². The minimum absolute atomic E-state index is 0.170. The molecule has 0 saturated carbocycles. The number of carbonyl (C=O) groups excluding carboxylic acids is 1. The van der Waals surface area contributed by atoms with Gasteiger partial charge in [0.15, 0.2) is 0 Å². The van der Waals surface area contributed by atoms with E-state index in [1.807, 2.05) is 6.92 Å². The largest absolute Gasteiger partial charge is 0.355 e. The number of thioether (sulfide) groups is 1. The van der Waals surface area contributed by atoms with Gasteiger partial charge in [0.25, 0.3) is 0 Å². The number of amides is 1. The lowest BCUT2D eigenvalue weighted by Gasteiger charge is -2.11. The van der Waals surface area contributed by atoms with Crippen molar-refractivity contribution in [2.75, 3.05) is 12.3 Å². The van der Waals surface area contributed by atoms with E-state index in [0.29, 0.717) is 12.3 Å². The first-order chi connectivity index (χ1) is 11.2. The molecule has 1 aliphatic rings. The maximum Gasteiger partial charge on any atom is 0.220 e. The van der Waals surface area contributed by atoms with Gasteiger partial charge in [-0.3, -0.25) is 4.79 Å². The molecule has 3 rings (SSSR count). The molecule has 1 aliphatic carbocycles. The molecule has 0 unspecified atom stereocenters. The van der Waals surface area contributed by atoms with Crippen LogP contribution in [0, 0.1) is 6.92 Å². The zero-order valence-electron chi connectivity index (χ0n) is 13.5. The summed E-state index contributed by atoms with van der Waals surface area (Å²) in [6.45, 7) is 2.76. The molecule has 5 heteroatoms. The van der Waals surface area contributed by atoms with Gasteiger partial charge in [0.1, 0.15) is 0 Å². The van der Waals surface area contributed by atoms with Crippen LogP contribution in [0.5, 0.6) is 0 Å². The Bertz CT molecular complexity index is 668. The number of aromatic nitrogens is 2. The van der Waals surface area contributed by atoms with E-state index < -0.39 is 0 Å². The van der Waals surface area contributed by atoms with Gasteiger partial charge >= 0.3 is 0 Å². The SMILES string of the molecule is Cc1[nH]cnc1CSCCNC(=O)C[C@@H]1CCc2ccccc21. The van der Waals surface area contributed by atoms with Crippen LogP contribution in [-0.2, 0) is 17.0 Å². The van der Waals surface area contributed by atoms with E-state index in [0.717, 1.165) is 42.3 Å². The van der Waals surface area contributed by atoms with Crippen LogP contribution in [-0.4, -0.2) is 28.2 Å². The van der Waals surface area contributed by atoms with Crippen LogP contribution >= 0.6 is 11.8 Å². The molecule has 0 fully saturated rings. The monoisotopic (exact) mass is 329 g/mol. The third kappa shape index (κ3) is 4.16. The first-order valence-electron chi connectivity index (χ1n) is 8.15. The van der Waals surface area contributed by atoms with Gasteiger partial charge in [0, 0.05) is 30.2 Å². The fourth-order valence-electron chi connectivity index (χ4n) is 3.12. The van der Waals surface area contributed by atoms with Crippen molar-refractivity contribution >= 4 is 17.7 Å². The fraction of sp³-hybridized carbons (Fsp3) is 0.444. The minimum atomic E-state index is 0.170. The van der Waals surface area contributed by atoms with Gasteiger partial charge in [-0.2, -0.15) is 11.8 Å². The molecule has 1 atom stereocenters. The molecule has 1 heterocycles. The molecule has 1 aromatic heterocycles. The summed E-state index contributed by atoms with van der Waals surface area (Å²) in [5.41, 5.74) is 5.01. The molecule has 0 aliphatic heterocycles. The zero-order valence-corrected chi connectivity index (χ0v) is 14.3. The highest BCUT2D eigenvalue weighted by Crippen LogP contribution is 2.34. The Labute approximate surface area is 141 Å². The van der Waals surface area contributed by atoms with E-state index in [-0.39, 0.29) is 5.91 Å². The predicted octanol–water partition coefficient (Wildman–Crippen LogP) is 3.19. The number of H-pyrrole nitrogens is 1. The zero-order chi connectivity index (χ0) is 16.1. The van der Waals surface area contributed by atoms with Crippen LogP contribution in [0.1, 0.15) is 41.3 Å². The molecule has 2 N–H and O–H groups in total. The number of carbonyl (C=O) groups is 1. The van der Waals surface area contributed by atoms with Gasteiger partial charge in [-0.15, -0.1) is 0 Å². The number of aryl methyl sites for hydroxylation is 2. The fourth-order valence-corrected chi connectivity index (χ4v) is 3.99. The van der Waals surface area contributed by atoms with Gasteiger partial charge < -0.3 is 10.3 Å². The van der Waals surface area contributed by atoms with Crippen LogP contribution < -0.4 is 5.32 Å². The summed E-state index contributed by atoms with van der Waals surface area (Å²) in [5, 5.41) is 3.05. The van der Waals surface area contributed by atoms with Crippen LogP contribution in [0.2, 0.25) is 0 Å². The van der Waals surface area contributed by atoms with Gasteiger partial charge in [-0.1, -0.05) is 24.3 Å². The minimum Gasteiger partial charge on any atom is -0.355 e. The second-order valence-corrected chi connectivity index (χ2v) is 7.12. The average molecular weight is 329 g/mol. The average Bonchev–Trinajstić information content (AvgIpc) is 3.14. The normalized spacial score (nSPS) is 16.3. The third-order valence-electron chi connectivity index (χ3n) is 4.43. The second kappa shape index (κ2) is 7.68. The lowest BCUT2D eigenvalue weighted by molar-refractivity contribution is -0.121. The Morgan fingerprint density at radius 3 is 3.13 bits per heavy atom. The topological polar surface area (TPSA) is 57.8 Å². The number of fused-ring (bicyclic) bond motifs is 1. The first kappa shape index (κ1) is 16.1. The molecule has 0 radical (unpaired) electrons. The Hall–Kier alpha value is -1.75. The summed E-state index contributed by atoms with van der Waals surface area (Å²) in [7, 11) is 0. The summed E-state index contributed by atoms with van der Waals surface area (Å²) in [6, 6.07) is 8.51. The van der Waals surface area contributed by atoms with Gasteiger partial charge in [0.05, 0.1) is 12.0 Å². The maximum absolute atomic E-state index is 12.1. The number of imidazole rings is 1. The van der Waals surface area contributed by atoms with Gasteiger partial charge in [-0.05, 0) is 36.8 Å². The van der Waals surface area contributed by atoms with Crippen LogP contribution in [0.15, 0.2) is 30.6 Å². The smallest absolute Gasteiger partial charge is 0.220 e. The summed E-state index contributed by atoms with van der Waals surface area (Å²) in [4.78, 5) is 19.5. The maximum atomic E-state index is 12.1. The third-order valence-corrected chi connectivity index (χ3v) is 5.40. The Kier molecular flexibility index (Phi) is 5.39. The molecule has 122 valence electrons. The standard InChI is InChI=1S/C18H23N3OS/c1-13-17(21-12-20-13)11-23-9-8-19-18(22)10-15-7-6-14-4-2-3-5-16(14)15/h2-5,12,15H,6-11H2,1H3,(H,19,22)(H,20,21)/t15-/m0/s1. The van der Waals surface area contributed by atoms with Crippen LogP contribution in [0.25, 0.3) is 0 Å². The Balaban J connectivity index is 1.35. The van der Waals surface area contributed by atoms with E-state index in [2.05, 4.69) is 39.6 Å². The predicted molar refractivity (Wildman–Crippen MR) is 94.6 cm³/mol. The van der Waals surface area contributed by atoms with Crippen LogP contribution in [0.3, 0.4) is 0 Å². The molecular formula is C18H23N3OS. The molecule has 2 aromatic rings. The number of aromatic amines is 1. The first-order valence-corrected chi connectivity index (χ1v) is 9.30. The van der Waals surface area contributed by atoms with E-state index in [4.69, 9.17) is 0 Å². The molecule has 0 bridgehead atoms. The van der Waals surface area contributed by atoms with Crippen molar-refractivity contribution in [2.24, 2.45) is 0 Å².